The Bertz CT molecular complexity index is 1740. The number of ketones is 1. The number of esters is 2. The van der Waals surface area contributed by atoms with E-state index in [1.807, 2.05) is 19.9 Å². The largest absolute Gasteiger partial charge is 0.519 e. The average Bonchev–Trinajstić information content (AvgIpc) is 3.38. The van der Waals surface area contributed by atoms with E-state index in [9.17, 15) is 29.1 Å². The average molecular weight is 712 g/mol. The number of rotatable bonds is 7. The molecule has 5 aliphatic rings. The zero-order valence-electron chi connectivity index (χ0n) is 32.1. The molecule has 0 bridgehead atoms. The SMILES string of the molecule is COC(=O)[C@H](C)N[C@H]1CC[C@@]2(C)C(CCC3(C)[C@@H]2C(=O)C=C2C4(C)C[C@@](C)(C(=O)O)CC[C@]4(C)CC[C@]23C)[C@]1(C)C(=O)OCc1oc(=O)oc1C. The Kier molecular flexibility index (Phi) is 8.76. The maximum Gasteiger partial charge on any atom is 0.519 e. The minimum Gasteiger partial charge on any atom is -0.481 e. The Balaban J connectivity index is 1.42. The van der Waals surface area contributed by atoms with Crippen LogP contribution in [0, 0.1) is 56.7 Å². The summed E-state index contributed by atoms with van der Waals surface area (Å²) in [5, 5.41) is 13.7. The van der Waals surface area contributed by atoms with E-state index >= 15 is 0 Å². The van der Waals surface area contributed by atoms with Crippen molar-refractivity contribution in [3.05, 3.63) is 33.8 Å². The predicted molar refractivity (Wildman–Crippen MR) is 186 cm³/mol. The van der Waals surface area contributed by atoms with Gasteiger partial charge in [0.1, 0.15) is 6.04 Å². The lowest BCUT2D eigenvalue weighted by Crippen LogP contribution is -2.70. The summed E-state index contributed by atoms with van der Waals surface area (Å²) >= 11 is 0. The van der Waals surface area contributed by atoms with Crippen LogP contribution in [0.4, 0.5) is 0 Å². The van der Waals surface area contributed by atoms with Crippen molar-refractivity contribution in [2.45, 2.75) is 139 Å². The van der Waals surface area contributed by atoms with E-state index in [1.54, 1.807) is 13.8 Å². The second kappa shape index (κ2) is 11.9. The summed E-state index contributed by atoms with van der Waals surface area (Å²) < 4.78 is 21.1. The van der Waals surface area contributed by atoms with E-state index in [-0.39, 0.29) is 46.6 Å². The van der Waals surface area contributed by atoms with Crippen molar-refractivity contribution in [3.63, 3.8) is 0 Å². The number of carboxylic acid groups (broad SMARTS) is 1. The molecular formula is C40H57NO10. The van der Waals surface area contributed by atoms with Gasteiger partial charge in [-0.25, -0.2) is 4.79 Å². The van der Waals surface area contributed by atoms with Crippen LogP contribution >= 0.6 is 0 Å². The van der Waals surface area contributed by atoms with Crippen LogP contribution < -0.4 is 11.1 Å². The topological polar surface area (TPSA) is 162 Å². The monoisotopic (exact) mass is 711 g/mol. The highest BCUT2D eigenvalue weighted by molar-refractivity contribution is 5.96. The zero-order valence-corrected chi connectivity index (χ0v) is 32.1. The fourth-order valence-electron chi connectivity index (χ4n) is 12.6. The van der Waals surface area contributed by atoms with Crippen LogP contribution in [0.25, 0.3) is 0 Å². The first kappa shape index (κ1) is 37.5. The Hall–Kier alpha value is -3.21. The van der Waals surface area contributed by atoms with Gasteiger partial charge in [-0.1, -0.05) is 40.2 Å². The molecule has 0 radical (unpaired) electrons. The van der Waals surface area contributed by atoms with Gasteiger partial charge in [0.25, 0.3) is 0 Å². The molecule has 51 heavy (non-hydrogen) atoms. The molecule has 0 amide bonds. The van der Waals surface area contributed by atoms with Crippen molar-refractivity contribution < 1.29 is 42.6 Å². The number of fused-ring (bicyclic) bond motifs is 7. The first-order chi connectivity index (χ1) is 23.6. The molecule has 0 aliphatic heterocycles. The number of hydrogen-bond acceptors (Lipinski definition) is 10. The second-order valence-corrected chi connectivity index (χ2v) is 18.5. The standard InChI is InChI=1S/C40H57NO10/c1-22(30(43)48-10)41-28-12-13-36(5)26(40(28,9)32(46)49-20-25-23(2)50-33(47)51-25)11-14-38(7)29(36)24(42)19-27-37(38,6)18-17-35(4)16-15-34(3,31(44)45)21-39(27,35)8/h19,22,26,28-29,41H,11-18,20-21H2,1-10H3,(H,44,45)/t22-,26?,28-,29+,34-,35+,36-,37+,38?,39?,40-/m0/s1. The fraction of sp³-hybridized carbons (Fsp3) is 0.775. The molecule has 2 N–H and O–H groups in total. The lowest BCUT2D eigenvalue weighted by molar-refractivity contribution is -0.209. The minimum absolute atomic E-state index is 0.0612. The van der Waals surface area contributed by atoms with Gasteiger partial charge < -0.3 is 28.7 Å². The smallest absolute Gasteiger partial charge is 0.481 e. The first-order valence-electron chi connectivity index (χ1n) is 18.7. The van der Waals surface area contributed by atoms with Gasteiger partial charge in [0, 0.05) is 12.0 Å². The van der Waals surface area contributed by atoms with Crippen LogP contribution in [0.1, 0.15) is 125 Å². The highest BCUT2D eigenvalue weighted by Crippen LogP contribution is 2.78. The van der Waals surface area contributed by atoms with Gasteiger partial charge >= 0.3 is 23.7 Å². The normalized spacial score (nSPS) is 43.8. The molecule has 0 spiro atoms. The van der Waals surface area contributed by atoms with Crippen LogP contribution in [0.3, 0.4) is 0 Å². The number of ether oxygens (including phenoxy) is 2. The Morgan fingerprint density at radius 3 is 2.22 bits per heavy atom. The quantitative estimate of drug-likeness (QED) is 0.295. The number of aryl methyl sites for hydroxylation is 1. The summed E-state index contributed by atoms with van der Waals surface area (Å²) in [5.74, 6) is -2.85. The van der Waals surface area contributed by atoms with E-state index in [1.165, 1.54) is 7.11 Å². The van der Waals surface area contributed by atoms with Gasteiger partial charge in [-0.3, -0.25) is 19.2 Å². The molecule has 5 aliphatic carbocycles. The van der Waals surface area contributed by atoms with E-state index < -0.39 is 62.9 Å². The Labute approximate surface area is 300 Å². The van der Waals surface area contributed by atoms with Crippen LogP contribution in [0.2, 0.25) is 0 Å². The van der Waals surface area contributed by atoms with Crippen LogP contribution in [0.15, 0.2) is 25.3 Å². The molecule has 0 saturated heterocycles. The van der Waals surface area contributed by atoms with Crippen molar-refractivity contribution in [2.24, 2.45) is 49.7 Å². The number of aliphatic carboxylic acids is 1. The lowest BCUT2D eigenvalue weighted by atomic mass is 9.31. The maximum absolute atomic E-state index is 15.0. The van der Waals surface area contributed by atoms with E-state index in [2.05, 4.69) is 39.9 Å². The molecule has 1 heterocycles. The molecule has 11 atom stereocenters. The molecule has 0 aromatic carbocycles. The highest BCUT2D eigenvalue weighted by atomic mass is 16.6. The third kappa shape index (κ3) is 5.09. The summed E-state index contributed by atoms with van der Waals surface area (Å²) in [6.45, 7) is 18.0. The van der Waals surface area contributed by atoms with Crippen LogP contribution in [0.5, 0.6) is 0 Å². The number of nitrogens with one attached hydrogen (secondary N) is 1. The third-order valence-corrected chi connectivity index (χ3v) is 16.1. The van der Waals surface area contributed by atoms with E-state index in [4.69, 9.17) is 18.3 Å². The van der Waals surface area contributed by atoms with Crippen molar-refractivity contribution in [2.75, 3.05) is 7.11 Å². The van der Waals surface area contributed by atoms with Gasteiger partial charge in [-0.2, -0.15) is 0 Å². The molecule has 1 aromatic rings. The number of carbonyl (C=O) groups is 4. The van der Waals surface area contributed by atoms with Crippen molar-refractivity contribution in [1.82, 2.24) is 5.32 Å². The van der Waals surface area contributed by atoms with Gasteiger partial charge in [-0.05, 0) is 125 Å². The third-order valence-electron chi connectivity index (χ3n) is 16.1. The van der Waals surface area contributed by atoms with Gasteiger partial charge in [0.15, 0.2) is 23.9 Å². The van der Waals surface area contributed by atoms with Gasteiger partial charge in [0.2, 0.25) is 0 Å². The van der Waals surface area contributed by atoms with Crippen LogP contribution in [-0.2, 0) is 35.3 Å². The molecular weight excluding hydrogens is 654 g/mol. The van der Waals surface area contributed by atoms with Gasteiger partial charge in [0.05, 0.1) is 17.9 Å². The van der Waals surface area contributed by atoms with Crippen molar-refractivity contribution in [3.8, 4) is 0 Å². The van der Waals surface area contributed by atoms with Crippen molar-refractivity contribution in [1.29, 1.82) is 0 Å². The van der Waals surface area contributed by atoms with E-state index in [0.717, 1.165) is 24.8 Å². The molecule has 3 unspecified atom stereocenters. The summed E-state index contributed by atoms with van der Waals surface area (Å²) in [6.07, 6.45) is 8.19. The molecule has 11 heteroatoms. The number of carbonyl (C=O) groups excluding carboxylic acids is 3. The zero-order chi connectivity index (χ0) is 37.7. The molecule has 4 saturated carbocycles. The highest BCUT2D eigenvalue weighted by Gasteiger charge is 2.73. The van der Waals surface area contributed by atoms with E-state index in [0.29, 0.717) is 38.5 Å². The molecule has 11 nitrogen and oxygen atoms in total. The number of methoxy groups -OCH3 is 1. The Morgan fingerprint density at radius 1 is 0.941 bits per heavy atom. The summed E-state index contributed by atoms with van der Waals surface area (Å²) in [7, 11) is 1.33. The molecule has 6 rings (SSSR count). The summed E-state index contributed by atoms with van der Waals surface area (Å²) in [5.41, 5.74) is -2.90. The Morgan fingerprint density at radius 2 is 1.61 bits per heavy atom. The lowest BCUT2D eigenvalue weighted by Gasteiger charge is -2.72. The number of hydrogen-bond donors (Lipinski definition) is 2. The first-order valence-corrected chi connectivity index (χ1v) is 18.7. The summed E-state index contributed by atoms with van der Waals surface area (Å²) in [6, 6.07) is -1.16. The maximum atomic E-state index is 15.0. The minimum atomic E-state index is -1.16. The van der Waals surface area contributed by atoms with Crippen LogP contribution in [-0.4, -0.2) is 48.0 Å². The predicted octanol–water partition coefficient (Wildman–Crippen LogP) is 6.54. The van der Waals surface area contributed by atoms with Crippen molar-refractivity contribution >= 4 is 23.7 Å². The second-order valence-electron chi connectivity index (χ2n) is 18.5. The number of carboxylic acids is 1. The summed E-state index contributed by atoms with van der Waals surface area (Å²) in [4.78, 5) is 66.5. The fourth-order valence-corrected chi connectivity index (χ4v) is 12.6. The molecule has 4 fully saturated rings. The number of allylic oxidation sites excluding steroid dienone is 2. The molecule has 282 valence electrons. The van der Waals surface area contributed by atoms with Gasteiger partial charge in [-0.15, -0.1) is 0 Å². The molecule has 1 aromatic heterocycles.